The van der Waals surface area contributed by atoms with Crippen molar-refractivity contribution >= 4 is 50.7 Å². The fourth-order valence-corrected chi connectivity index (χ4v) is 6.75. The molecule has 46 heavy (non-hydrogen) atoms. The monoisotopic (exact) mass is 681 g/mol. The van der Waals surface area contributed by atoms with E-state index in [-0.39, 0.29) is 29.5 Å². The SMILES string of the molecule is CCCNC(=O)[C@@H](Cc1ccccc1)N(Cc1ccc(Cl)cc1Cl)C(=O)CN(c1ccc(OC)cc1)S(=O)(=O)c1ccc(C)cc1. The number of amides is 2. The molecule has 0 unspecified atom stereocenters. The number of carbonyl (C=O) groups is 2. The Kier molecular flexibility index (Phi) is 12.1. The van der Waals surface area contributed by atoms with Gasteiger partial charge in [-0.05, 0) is 73.0 Å². The Bertz CT molecular complexity index is 1730. The minimum Gasteiger partial charge on any atom is -0.497 e. The number of halogens is 2. The molecule has 0 aliphatic heterocycles. The summed E-state index contributed by atoms with van der Waals surface area (Å²) >= 11 is 12.7. The Labute approximate surface area is 280 Å². The summed E-state index contributed by atoms with van der Waals surface area (Å²) < 4.78 is 34.6. The molecule has 0 aromatic heterocycles. The Morgan fingerprint density at radius 2 is 1.59 bits per heavy atom. The first-order valence-corrected chi connectivity index (χ1v) is 17.0. The molecule has 1 N–H and O–H groups in total. The van der Waals surface area contributed by atoms with Crippen LogP contribution in [0.2, 0.25) is 10.0 Å². The van der Waals surface area contributed by atoms with Gasteiger partial charge in [-0.3, -0.25) is 13.9 Å². The Hall–Kier alpha value is -4.05. The van der Waals surface area contributed by atoms with Gasteiger partial charge in [0.2, 0.25) is 11.8 Å². The highest BCUT2D eigenvalue weighted by Crippen LogP contribution is 2.28. The quantitative estimate of drug-likeness (QED) is 0.160. The molecule has 0 heterocycles. The first kappa shape index (κ1) is 34.8. The number of anilines is 1. The minimum absolute atomic E-state index is 0.0236. The van der Waals surface area contributed by atoms with Crippen LogP contribution in [-0.4, -0.2) is 51.4 Å². The van der Waals surface area contributed by atoms with E-state index in [4.69, 9.17) is 27.9 Å². The summed E-state index contributed by atoms with van der Waals surface area (Å²) in [5, 5.41) is 3.66. The average Bonchev–Trinajstić information content (AvgIpc) is 3.05. The highest BCUT2D eigenvalue weighted by Gasteiger charge is 2.35. The predicted octanol–water partition coefficient (Wildman–Crippen LogP) is 6.67. The number of nitrogens with zero attached hydrogens (tertiary/aromatic N) is 2. The molecule has 0 saturated carbocycles. The van der Waals surface area contributed by atoms with Crippen LogP contribution in [0.25, 0.3) is 0 Å². The molecule has 0 aliphatic rings. The van der Waals surface area contributed by atoms with Crippen LogP contribution in [0, 0.1) is 6.92 Å². The lowest BCUT2D eigenvalue weighted by Crippen LogP contribution is -2.53. The van der Waals surface area contributed by atoms with Crippen molar-refractivity contribution < 1.29 is 22.7 Å². The summed E-state index contributed by atoms with van der Waals surface area (Å²) in [6.07, 6.45) is 0.890. The van der Waals surface area contributed by atoms with Crippen molar-refractivity contribution in [3.8, 4) is 5.75 Å². The van der Waals surface area contributed by atoms with E-state index in [1.807, 2.05) is 44.2 Å². The van der Waals surface area contributed by atoms with Gasteiger partial charge < -0.3 is 15.0 Å². The summed E-state index contributed by atoms with van der Waals surface area (Å²) in [7, 11) is -2.71. The molecular formula is C35H37Cl2N3O5S. The summed E-state index contributed by atoms with van der Waals surface area (Å²) in [5.41, 5.74) is 2.53. The van der Waals surface area contributed by atoms with Crippen LogP contribution in [0.1, 0.15) is 30.0 Å². The molecule has 0 saturated heterocycles. The van der Waals surface area contributed by atoms with Gasteiger partial charge in [0.05, 0.1) is 17.7 Å². The number of rotatable bonds is 14. The third-order valence-electron chi connectivity index (χ3n) is 7.42. The van der Waals surface area contributed by atoms with Crippen molar-refractivity contribution in [2.24, 2.45) is 0 Å². The zero-order valence-electron chi connectivity index (χ0n) is 26.0. The molecule has 0 radical (unpaired) electrons. The van der Waals surface area contributed by atoms with Gasteiger partial charge in [0, 0.05) is 29.6 Å². The molecule has 242 valence electrons. The number of benzene rings is 4. The van der Waals surface area contributed by atoms with Crippen molar-refractivity contribution in [3.05, 3.63) is 124 Å². The molecule has 4 aromatic carbocycles. The number of aryl methyl sites for hydroxylation is 1. The van der Waals surface area contributed by atoms with Gasteiger partial charge >= 0.3 is 0 Å². The Balaban J connectivity index is 1.81. The third-order valence-corrected chi connectivity index (χ3v) is 9.80. The number of carbonyl (C=O) groups excluding carboxylic acids is 2. The van der Waals surface area contributed by atoms with Gasteiger partial charge in [0.15, 0.2) is 0 Å². The molecule has 2 amide bonds. The van der Waals surface area contributed by atoms with Crippen molar-refractivity contribution in [3.63, 3.8) is 0 Å². The summed E-state index contributed by atoms with van der Waals surface area (Å²) in [5.74, 6) is -0.427. The second kappa shape index (κ2) is 16.0. The van der Waals surface area contributed by atoms with E-state index in [2.05, 4.69) is 5.32 Å². The molecule has 0 spiro atoms. The third kappa shape index (κ3) is 8.81. The van der Waals surface area contributed by atoms with E-state index in [9.17, 15) is 18.0 Å². The highest BCUT2D eigenvalue weighted by atomic mass is 35.5. The van der Waals surface area contributed by atoms with E-state index in [1.165, 1.54) is 24.1 Å². The van der Waals surface area contributed by atoms with E-state index in [0.29, 0.717) is 34.3 Å². The molecule has 8 nitrogen and oxygen atoms in total. The maximum atomic E-state index is 14.5. The number of nitrogens with one attached hydrogen (secondary N) is 1. The topological polar surface area (TPSA) is 96.0 Å². The van der Waals surface area contributed by atoms with Crippen LogP contribution < -0.4 is 14.4 Å². The summed E-state index contributed by atoms with van der Waals surface area (Å²) in [4.78, 5) is 29.7. The Morgan fingerprint density at radius 1 is 0.913 bits per heavy atom. The molecule has 11 heteroatoms. The molecule has 0 bridgehead atoms. The first-order chi connectivity index (χ1) is 22.0. The average molecular weight is 683 g/mol. The van der Waals surface area contributed by atoms with Gasteiger partial charge in [-0.2, -0.15) is 0 Å². The molecule has 1 atom stereocenters. The molecule has 4 aromatic rings. The number of ether oxygens (including phenoxy) is 1. The van der Waals surface area contributed by atoms with Crippen LogP contribution in [0.3, 0.4) is 0 Å². The van der Waals surface area contributed by atoms with Crippen LogP contribution in [0.5, 0.6) is 5.75 Å². The van der Waals surface area contributed by atoms with E-state index in [1.54, 1.807) is 54.6 Å². The zero-order chi connectivity index (χ0) is 33.3. The van der Waals surface area contributed by atoms with Crippen LogP contribution in [-0.2, 0) is 32.6 Å². The lowest BCUT2D eigenvalue weighted by Gasteiger charge is -2.34. The second-order valence-electron chi connectivity index (χ2n) is 10.8. The highest BCUT2D eigenvalue weighted by molar-refractivity contribution is 7.92. The van der Waals surface area contributed by atoms with Crippen molar-refractivity contribution in [2.45, 2.75) is 44.2 Å². The first-order valence-electron chi connectivity index (χ1n) is 14.8. The number of sulfonamides is 1. The summed E-state index contributed by atoms with van der Waals surface area (Å²) in [6, 6.07) is 26.1. The number of methoxy groups -OCH3 is 1. The molecule has 4 rings (SSSR count). The predicted molar refractivity (Wildman–Crippen MR) is 183 cm³/mol. The second-order valence-corrected chi connectivity index (χ2v) is 13.5. The lowest BCUT2D eigenvalue weighted by atomic mass is 10.0. The minimum atomic E-state index is -4.22. The standard InChI is InChI=1S/C35H37Cl2N3O5S/c1-4-20-38-35(42)33(21-26-8-6-5-7-9-26)39(23-27-12-13-28(36)22-32(27)37)34(41)24-40(29-14-16-30(45-3)17-15-29)46(43,44)31-18-10-25(2)11-19-31/h5-19,22,33H,4,20-21,23-24H2,1-3H3,(H,38,42)/t33-/m1/s1. The van der Waals surface area contributed by atoms with Gasteiger partial charge in [0.1, 0.15) is 18.3 Å². The van der Waals surface area contributed by atoms with Gasteiger partial charge in [-0.25, -0.2) is 8.42 Å². The van der Waals surface area contributed by atoms with Crippen molar-refractivity contribution in [1.82, 2.24) is 10.2 Å². The maximum absolute atomic E-state index is 14.5. The van der Waals surface area contributed by atoms with Gasteiger partial charge in [-0.15, -0.1) is 0 Å². The van der Waals surface area contributed by atoms with E-state index in [0.717, 1.165) is 15.4 Å². The maximum Gasteiger partial charge on any atom is 0.264 e. The number of hydrogen-bond acceptors (Lipinski definition) is 5. The van der Waals surface area contributed by atoms with Gasteiger partial charge in [0.25, 0.3) is 10.0 Å². The van der Waals surface area contributed by atoms with Crippen LogP contribution >= 0.6 is 23.2 Å². The van der Waals surface area contributed by atoms with E-state index < -0.39 is 28.5 Å². The van der Waals surface area contributed by atoms with E-state index >= 15 is 0 Å². The molecule has 0 fully saturated rings. The zero-order valence-corrected chi connectivity index (χ0v) is 28.3. The van der Waals surface area contributed by atoms with Gasteiger partial charge in [-0.1, -0.05) is 84.2 Å². The smallest absolute Gasteiger partial charge is 0.264 e. The fraction of sp³-hybridized carbons (Fsp3) is 0.257. The lowest BCUT2D eigenvalue weighted by molar-refractivity contribution is -0.140. The van der Waals surface area contributed by atoms with Crippen molar-refractivity contribution in [1.29, 1.82) is 0 Å². The fourth-order valence-electron chi connectivity index (χ4n) is 4.87. The molecule has 0 aliphatic carbocycles. The Morgan fingerprint density at radius 3 is 2.20 bits per heavy atom. The normalized spacial score (nSPS) is 11.8. The van der Waals surface area contributed by atoms with Crippen molar-refractivity contribution in [2.75, 3.05) is 24.5 Å². The van der Waals surface area contributed by atoms with Crippen LogP contribution in [0.4, 0.5) is 5.69 Å². The number of hydrogen-bond donors (Lipinski definition) is 1. The van der Waals surface area contributed by atoms with Crippen LogP contribution in [0.15, 0.2) is 102 Å². The molecular weight excluding hydrogens is 645 g/mol. The largest absolute Gasteiger partial charge is 0.497 e. The summed E-state index contributed by atoms with van der Waals surface area (Å²) in [6.45, 7) is 3.56.